The number of hydrogen-bond acceptors (Lipinski definition) is 8. The van der Waals surface area contributed by atoms with Gasteiger partial charge in [-0.1, -0.05) is 12.1 Å². The molecular weight excluding hydrogens is 526 g/mol. The van der Waals surface area contributed by atoms with Crippen molar-refractivity contribution in [1.29, 1.82) is 0 Å². The van der Waals surface area contributed by atoms with Gasteiger partial charge in [0.2, 0.25) is 0 Å². The molecule has 10 heteroatoms. The average molecular weight is 568 g/mol. The molecule has 4 aromatic heterocycles. The molecule has 4 aromatic rings. The van der Waals surface area contributed by atoms with Gasteiger partial charge in [-0.15, -0.1) is 5.10 Å². The molecule has 0 aromatic carbocycles. The lowest BCUT2D eigenvalue weighted by Gasteiger charge is -2.35. The van der Waals surface area contributed by atoms with Gasteiger partial charge in [-0.3, -0.25) is 24.3 Å². The summed E-state index contributed by atoms with van der Waals surface area (Å²) in [6.45, 7) is 15.8. The van der Waals surface area contributed by atoms with Crippen molar-refractivity contribution in [3.05, 3.63) is 65.6 Å². The fourth-order valence-electron chi connectivity index (χ4n) is 5.71. The number of pyridine rings is 2. The molecule has 2 aliphatic rings. The van der Waals surface area contributed by atoms with E-state index >= 15 is 0 Å². The van der Waals surface area contributed by atoms with Crippen LogP contribution in [-0.4, -0.2) is 78.1 Å². The zero-order chi connectivity index (χ0) is 29.4. The minimum atomic E-state index is -0.168. The first-order valence-corrected chi connectivity index (χ1v) is 15.1. The van der Waals surface area contributed by atoms with E-state index in [1.807, 2.05) is 42.3 Å². The second-order valence-electron chi connectivity index (χ2n) is 12.7. The van der Waals surface area contributed by atoms with Crippen LogP contribution in [0.2, 0.25) is 0 Å². The van der Waals surface area contributed by atoms with Gasteiger partial charge in [0.05, 0.1) is 35.0 Å². The van der Waals surface area contributed by atoms with Crippen LogP contribution < -0.4 is 4.90 Å². The van der Waals surface area contributed by atoms with Gasteiger partial charge in [0.1, 0.15) is 11.4 Å². The SMILES string of the molecule is CCCN1CCN(c2cncc(-c3cn(-c4cc(CC(=O)c5cc(C6CC6)n(C(C)(C)C)n5)cnc4C)nn3)c2)CC1. The normalized spacial score (nSPS) is 16.3. The number of Topliss-reactive ketones (excluding diaryl/α,β-unsaturated/α-hetero) is 1. The minimum absolute atomic E-state index is 0.00537. The van der Waals surface area contributed by atoms with Gasteiger partial charge in [-0.25, -0.2) is 4.68 Å². The molecule has 0 spiro atoms. The van der Waals surface area contributed by atoms with Crippen molar-refractivity contribution in [3.8, 4) is 16.9 Å². The molecule has 6 rings (SSSR count). The van der Waals surface area contributed by atoms with Gasteiger partial charge in [-0.05, 0) is 77.3 Å². The molecule has 0 unspecified atom stereocenters. The fourth-order valence-corrected chi connectivity index (χ4v) is 5.71. The number of hydrogen-bond donors (Lipinski definition) is 0. The first-order valence-electron chi connectivity index (χ1n) is 15.1. The second-order valence-corrected chi connectivity index (χ2v) is 12.7. The monoisotopic (exact) mass is 567 g/mol. The third kappa shape index (κ3) is 5.99. The molecule has 1 saturated heterocycles. The highest BCUT2D eigenvalue weighted by atomic mass is 16.1. The Bertz CT molecular complexity index is 1570. The van der Waals surface area contributed by atoms with Crippen LogP contribution in [0.15, 0.2) is 43.0 Å². The number of aromatic nitrogens is 7. The molecule has 1 saturated carbocycles. The third-order valence-corrected chi connectivity index (χ3v) is 8.17. The van der Waals surface area contributed by atoms with Crippen molar-refractivity contribution in [2.24, 2.45) is 0 Å². The molecule has 1 aliphatic heterocycles. The summed E-state index contributed by atoms with van der Waals surface area (Å²) in [4.78, 5) is 27.3. The van der Waals surface area contributed by atoms with Crippen molar-refractivity contribution in [1.82, 2.24) is 39.6 Å². The number of piperazine rings is 1. The Labute approximate surface area is 247 Å². The first kappa shape index (κ1) is 28.2. The average Bonchev–Trinajstić information content (AvgIpc) is 3.51. The number of carbonyl (C=O) groups is 1. The number of aryl methyl sites for hydroxylation is 1. The van der Waals surface area contributed by atoms with Crippen LogP contribution in [0.5, 0.6) is 0 Å². The first-order chi connectivity index (χ1) is 20.2. The third-order valence-electron chi connectivity index (χ3n) is 8.17. The van der Waals surface area contributed by atoms with Crippen LogP contribution in [0.3, 0.4) is 0 Å². The Kier molecular flexibility index (Phi) is 7.66. The van der Waals surface area contributed by atoms with Crippen LogP contribution in [0.1, 0.15) is 80.3 Å². The molecule has 0 atom stereocenters. The molecule has 0 N–H and O–H groups in total. The van der Waals surface area contributed by atoms with Gasteiger partial charge in [0, 0.05) is 62.2 Å². The molecule has 0 bridgehead atoms. The van der Waals surface area contributed by atoms with Gasteiger partial charge in [-0.2, -0.15) is 5.10 Å². The molecular formula is C32H41N9O. The van der Waals surface area contributed by atoms with E-state index in [1.165, 1.54) is 12.1 Å². The van der Waals surface area contributed by atoms with Gasteiger partial charge in [0.25, 0.3) is 0 Å². The topological polar surface area (TPSA) is 97.9 Å². The van der Waals surface area contributed by atoms with Crippen LogP contribution in [0.25, 0.3) is 16.9 Å². The maximum Gasteiger partial charge on any atom is 0.187 e. The highest BCUT2D eigenvalue weighted by Gasteiger charge is 2.32. The summed E-state index contributed by atoms with van der Waals surface area (Å²) in [7, 11) is 0. The fraction of sp³-hybridized carbons (Fsp3) is 0.500. The van der Waals surface area contributed by atoms with Crippen LogP contribution in [-0.2, 0) is 12.0 Å². The lowest BCUT2D eigenvalue weighted by Crippen LogP contribution is -2.46. The summed E-state index contributed by atoms with van der Waals surface area (Å²) >= 11 is 0. The highest BCUT2D eigenvalue weighted by molar-refractivity contribution is 5.96. The number of carbonyl (C=O) groups excluding carboxylic acids is 1. The summed E-state index contributed by atoms with van der Waals surface area (Å²) < 4.78 is 3.77. The maximum atomic E-state index is 13.3. The van der Waals surface area contributed by atoms with Crippen molar-refractivity contribution < 1.29 is 4.79 Å². The smallest absolute Gasteiger partial charge is 0.187 e. The number of rotatable bonds is 9. The Morgan fingerprint density at radius 2 is 1.81 bits per heavy atom. The molecule has 5 heterocycles. The summed E-state index contributed by atoms with van der Waals surface area (Å²) in [5.74, 6) is 0.508. The second kappa shape index (κ2) is 11.4. The number of anilines is 1. The van der Waals surface area contributed by atoms with E-state index in [0.717, 1.165) is 79.5 Å². The van der Waals surface area contributed by atoms with Gasteiger partial charge >= 0.3 is 0 Å². The predicted molar refractivity (Wildman–Crippen MR) is 163 cm³/mol. The zero-order valence-electron chi connectivity index (χ0n) is 25.4. The standard InChI is InChI=1S/C32H41N9O/c1-6-9-38-10-12-39(13-11-38)26-16-25(19-33-20-26)28-21-40(37-35-28)29-14-23(18-34-22(29)2)15-31(42)27-17-30(24-7-8-24)41(36-27)32(3,4)5/h14,16-21,24H,6-13,15H2,1-5H3. The minimum Gasteiger partial charge on any atom is -0.368 e. The van der Waals surface area contributed by atoms with E-state index < -0.39 is 0 Å². The Hall–Kier alpha value is -3.92. The van der Waals surface area contributed by atoms with Crippen molar-refractivity contribution in [2.75, 3.05) is 37.6 Å². The molecule has 42 heavy (non-hydrogen) atoms. The summed E-state index contributed by atoms with van der Waals surface area (Å²) in [5.41, 5.74) is 6.73. The Morgan fingerprint density at radius 3 is 2.52 bits per heavy atom. The van der Waals surface area contributed by atoms with E-state index in [2.05, 4.69) is 63.8 Å². The molecule has 0 amide bonds. The van der Waals surface area contributed by atoms with Gasteiger partial charge < -0.3 is 4.90 Å². The molecule has 10 nitrogen and oxygen atoms in total. The van der Waals surface area contributed by atoms with Crippen LogP contribution >= 0.6 is 0 Å². The highest BCUT2D eigenvalue weighted by Crippen LogP contribution is 2.41. The van der Waals surface area contributed by atoms with Crippen molar-refractivity contribution >= 4 is 11.5 Å². The largest absolute Gasteiger partial charge is 0.368 e. The van der Waals surface area contributed by atoms with Gasteiger partial charge in [0.15, 0.2) is 5.78 Å². The zero-order valence-corrected chi connectivity index (χ0v) is 25.4. The van der Waals surface area contributed by atoms with E-state index in [9.17, 15) is 4.79 Å². The van der Waals surface area contributed by atoms with Crippen molar-refractivity contribution in [3.63, 3.8) is 0 Å². The van der Waals surface area contributed by atoms with E-state index in [4.69, 9.17) is 5.10 Å². The summed E-state index contributed by atoms with van der Waals surface area (Å²) in [6, 6.07) is 6.11. The van der Waals surface area contributed by atoms with Crippen LogP contribution in [0, 0.1) is 6.92 Å². The molecule has 0 radical (unpaired) electrons. The van der Waals surface area contributed by atoms with E-state index in [1.54, 1.807) is 10.9 Å². The molecule has 220 valence electrons. The Balaban J connectivity index is 1.19. The van der Waals surface area contributed by atoms with Crippen molar-refractivity contribution in [2.45, 2.75) is 71.8 Å². The quantitative estimate of drug-likeness (QED) is 0.266. The predicted octanol–water partition coefficient (Wildman–Crippen LogP) is 4.82. The number of nitrogens with zero attached hydrogens (tertiary/aromatic N) is 9. The molecule has 2 fully saturated rings. The Morgan fingerprint density at radius 1 is 1.02 bits per heavy atom. The maximum absolute atomic E-state index is 13.3. The molecule has 1 aliphatic carbocycles. The van der Waals surface area contributed by atoms with E-state index in [-0.39, 0.29) is 17.7 Å². The lowest BCUT2D eigenvalue weighted by atomic mass is 10.1. The number of ketones is 1. The lowest BCUT2D eigenvalue weighted by molar-refractivity contribution is 0.0986. The summed E-state index contributed by atoms with van der Waals surface area (Å²) in [6.07, 6.45) is 11.2. The van der Waals surface area contributed by atoms with E-state index in [0.29, 0.717) is 11.6 Å². The summed E-state index contributed by atoms with van der Waals surface area (Å²) in [5, 5.41) is 13.6. The van der Waals surface area contributed by atoms with Crippen LogP contribution in [0.4, 0.5) is 5.69 Å².